The van der Waals surface area contributed by atoms with Crippen LogP contribution in [0.4, 0.5) is 18.9 Å². The van der Waals surface area contributed by atoms with Crippen LogP contribution in [-0.4, -0.2) is 35.2 Å². The number of aromatic nitrogens is 2. The molecular formula is C11H13BrF3N3O2. The van der Waals surface area contributed by atoms with Gasteiger partial charge in [-0.05, 0) is 28.8 Å². The summed E-state index contributed by atoms with van der Waals surface area (Å²) in [6, 6.07) is 0.135. The lowest BCUT2D eigenvalue weighted by Crippen LogP contribution is -2.41. The first-order valence-electron chi connectivity index (χ1n) is 5.92. The van der Waals surface area contributed by atoms with Crippen molar-refractivity contribution in [2.75, 3.05) is 12.4 Å². The maximum atomic E-state index is 12.3. The van der Waals surface area contributed by atoms with E-state index in [-0.39, 0.29) is 16.6 Å². The normalized spacial score (nSPS) is 22.4. The summed E-state index contributed by atoms with van der Waals surface area (Å²) in [5.41, 5.74) is -0.414. The van der Waals surface area contributed by atoms with Crippen LogP contribution in [0.25, 0.3) is 0 Å². The van der Waals surface area contributed by atoms with Crippen LogP contribution in [0.1, 0.15) is 12.8 Å². The van der Waals surface area contributed by atoms with Crippen molar-refractivity contribution in [2.24, 2.45) is 0 Å². The molecule has 112 valence electrons. The maximum absolute atomic E-state index is 12.3. The molecular weight excluding hydrogens is 343 g/mol. The number of hydrogen-bond donors (Lipinski definition) is 1. The summed E-state index contributed by atoms with van der Waals surface area (Å²) in [6.45, 7) is -1.40. The Balaban J connectivity index is 2.09. The lowest BCUT2D eigenvalue weighted by Gasteiger charge is -2.35. The highest BCUT2D eigenvalue weighted by molar-refractivity contribution is 9.10. The minimum absolute atomic E-state index is 0.0533. The molecule has 1 aromatic rings. The summed E-state index contributed by atoms with van der Waals surface area (Å²) in [4.78, 5) is 11.8. The topological polar surface area (TPSA) is 56.1 Å². The van der Waals surface area contributed by atoms with E-state index in [4.69, 9.17) is 4.74 Å². The molecule has 0 amide bonds. The van der Waals surface area contributed by atoms with Gasteiger partial charge in [-0.1, -0.05) is 0 Å². The number of nitrogens with zero attached hydrogens (tertiary/aromatic N) is 2. The molecule has 1 fully saturated rings. The summed E-state index contributed by atoms with van der Waals surface area (Å²) < 4.78 is 42.4. The molecule has 20 heavy (non-hydrogen) atoms. The van der Waals surface area contributed by atoms with E-state index in [9.17, 15) is 18.0 Å². The Morgan fingerprint density at radius 2 is 2.20 bits per heavy atom. The van der Waals surface area contributed by atoms with Gasteiger partial charge in [0.25, 0.3) is 5.56 Å². The Kier molecular flexibility index (Phi) is 4.38. The molecule has 1 aliphatic rings. The van der Waals surface area contributed by atoms with Gasteiger partial charge in [-0.3, -0.25) is 4.79 Å². The molecule has 0 aliphatic heterocycles. The fourth-order valence-electron chi connectivity index (χ4n) is 1.94. The van der Waals surface area contributed by atoms with Gasteiger partial charge in [-0.15, -0.1) is 0 Å². The quantitative estimate of drug-likeness (QED) is 0.899. The van der Waals surface area contributed by atoms with Crippen LogP contribution < -0.4 is 10.9 Å². The SMILES string of the molecule is COC1CC(Nc2cnn(CC(F)(F)F)c(=O)c2Br)C1. The molecule has 0 spiro atoms. The van der Waals surface area contributed by atoms with E-state index in [2.05, 4.69) is 26.3 Å². The number of hydrogen-bond acceptors (Lipinski definition) is 4. The van der Waals surface area contributed by atoms with Crippen LogP contribution in [-0.2, 0) is 11.3 Å². The smallest absolute Gasteiger partial charge is 0.381 e. The lowest BCUT2D eigenvalue weighted by molar-refractivity contribution is -0.143. The average molecular weight is 356 g/mol. The summed E-state index contributed by atoms with van der Waals surface area (Å²) in [7, 11) is 1.62. The lowest BCUT2D eigenvalue weighted by atomic mass is 9.89. The molecule has 0 radical (unpaired) electrons. The van der Waals surface area contributed by atoms with Crippen LogP contribution in [0, 0.1) is 0 Å². The number of alkyl halides is 3. The van der Waals surface area contributed by atoms with Gasteiger partial charge < -0.3 is 10.1 Å². The molecule has 1 saturated carbocycles. The Labute approximate surface area is 121 Å². The van der Waals surface area contributed by atoms with Gasteiger partial charge in [0.05, 0.1) is 18.0 Å². The highest BCUT2D eigenvalue weighted by Crippen LogP contribution is 2.28. The largest absolute Gasteiger partial charge is 0.408 e. The number of ether oxygens (including phenoxy) is 1. The standard InChI is InChI=1S/C11H13BrF3N3O2/c1-20-7-2-6(3-7)17-8-4-16-18(5-11(13,14)15)10(19)9(8)12/h4,6-7,17H,2-3,5H2,1H3. The molecule has 1 aromatic heterocycles. The Hall–Kier alpha value is -1.09. The van der Waals surface area contributed by atoms with Crippen LogP contribution in [0.15, 0.2) is 15.5 Å². The van der Waals surface area contributed by atoms with Crippen LogP contribution >= 0.6 is 15.9 Å². The first-order chi connectivity index (χ1) is 9.30. The molecule has 9 heteroatoms. The highest BCUT2D eigenvalue weighted by Gasteiger charge is 2.31. The van der Waals surface area contributed by atoms with E-state index >= 15 is 0 Å². The minimum atomic E-state index is -4.48. The molecule has 0 saturated heterocycles. The third-order valence-electron chi connectivity index (χ3n) is 3.10. The van der Waals surface area contributed by atoms with E-state index in [0.717, 1.165) is 12.8 Å². The van der Waals surface area contributed by atoms with Crippen LogP contribution in [0.3, 0.4) is 0 Å². The average Bonchev–Trinajstić information content (AvgIpc) is 2.30. The molecule has 1 N–H and O–H groups in total. The zero-order valence-corrected chi connectivity index (χ0v) is 12.2. The molecule has 1 heterocycles. The van der Waals surface area contributed by atoms with Gasteiger partial charge >= 0.3 is 6.18 Å². The van der Waals surface area contributed by atoms with E-state index in [1.807, 2.05) is 0 Å². The molecule has 5 nitrogen and oxygen atoms in total. The predicted molar refractivity (Wildman–Crippen MR) is 69.7 cm³/mol. The highest BCUT2D eigenvalue weighted by atomic mass is 79.9. The van der Waals surface area contributed by atoms with E-state index in [0.29, 0.717) is 10.4 Å². The summed E-state index contributed by atoms with van der Waals surface area (Å²) >= 11 is 3.02. The van der Waals surface area contributed by atoms with Crippen molar-refractivity contribution in [3.05, 3.63) is 21.0 Å². The van der Waals surface area contributed by atoms with E-state index in [1.165, 1.54) is 6.20 Å². The van der Waals surface area contributed by atoms with Gasteiger partial charge in [0.15, 0.2) is 0 Å². The number of halogens is 4. The van der Waals surface area contributed by atoms with E-state index < -0.39 is 18.3 Å². The van der Waals surface area contributed by atoms with Crippen molar-refractivity contribution in [3.63, 3.8) is 0 Å². The van der Waals surface area contributed by atoms with Crippen LogP contribution in [0.2, 0.25) is 0 Å². The molecule has 2 rings (SSSR count). The van der Waals surface area contributed by atoms with Crippen molar-refractivity contribution in [3.8, 4) is 0 Å². The summed E-state index contributed by atoms with van der Waals surface area (Å²) in [6.07, 6.45) is -1.50. The maximum Gasteiger partial charge on any atom is 0.408 e. The van der Waals surface area contributed by atoms with Crippen LogP contribution in [0.5, 0.6) is 0 Å². The molecule has 1 aliphatic carbocycles. The van der Waals surface area contributed by atoms with Crippen molar-refractivity contribution in [1.82, 2.24) is 9.78 Å². The third kappa shape index (κ3) is 3.51. The molecule has 0 unspecified atom stereocenters. The Morgan fingerprint density at radius 3 is 2.75 bits per heavy atom. The number of rotatable bonds is 4. The van der Waals surface area contributed by atoms with Crippen molar-refractivity contribution >= 4 is 21.6 Å². The van der Waals surface area contributed by atoms with Crippen molar-refractivity contribution in [2.45, 2.75) is 37.7 Å². The first kappa shape index (κ1) is 15.3. The van der Waals surface area contributed by atoms with Gasteiger partial charge in [-0.25, -0.2) is 4.68 Å². The predicted octanol–water partition coefficient (Wildman–Crippen LogP) is 2.16. The second-order valence-corrected chi connectivity index (χ2v) is 5.41. The molecule has 0 aromatic carbocycles. The monoisotopic (exact) mass is 355 g/mol. The second-order valence-electron chi connectivity index (χ2n) is 4.62. The van der Waals surface area contributed by atoms with Crippen molar-refractivity contribution < 1.29 is 17.9 Å². The number of nitrogens with one attached hydrogen (secondary N) is 1. The Morgan fingerprint density at radius 1 is 1.55 bits per heavy atom. The molecule has 0 atom stereocenters. The fourth-order valence-corrected chi connectivity index (χ4v) is 2.37. The van der Waals surface area contributed by atoms with Gasteiger partial charge in [0.1, 0.15) is 11.0 Å². The number of methoxy groups -OCH3 is 1. The van der Waals surface area contributed by atoms with Gasteiger partial charge in [0, 0.05) is 13.2 Å². The zero-order valence-electron chi connectivity index (χ0n) is 10.6. The Bertz CT molecular complexity index is 541. The summed E-state index contributed by atoms with van der Waals surface area (Å²) in [5.74, 6) is 0. The van der Waals surface area contributed by atoms with E-state index in [1.54, 1.807) is 7.11 Å². The van der Waals surface area contributed by atoms with Gasteiger partial charge in [0.2, 0.25) is 0 Å². The third-order valence-corrected chi connectivity index (χ3v) is 3.87. The minimum Gasteiger partial charge on any atom is -0.381 e. The summed E-state index contributed by atoms with van der Waals surface area (Å²) in [5, 5.41) is 6.59. The first-order valence-corrected chi connectivity index (χ1v) is 6.71. The fraction of sp³-hybridized carbons (Fsp3) is 0.636. The zero-order chi connectivity index (χ0) is 14.9. The molecule has 0 bridgehead atoms. The second kappa shape index (κ2) is 5.72. The van der Waals surface area contributed by atoms with Crippen molar-refractivity contribution in [1.29, 1.82) is 0 Å². The number of anilines is 1. The van der Waals surface area contributed by atoms with Gasteiger partial charge in [-0.2, -0.15) is 18.3 Å².